The van der Waals surface area contributed by atoms with Crippen LogP contribution in [0.15, 0.2) is 72.7 Å². The fraction of sp³-hybridized carbons (Fsp3) is 0.0526. The van der Waals surface area contributed by atoms with Crippen molar-refractivity contribution in [3.05, 3.63) is 83.9 Å². The van der Waals surface area contributed by atoms with E-state index in [0.717, 1.165) is 32.4 Å². The van der Waals surface area contributed by atoms with Gasteiger partial charge in [-0.25, -0.2) is 9.03 Å². The molecule has 1 aliphatic heterocycles. The Morgan fingerprint density at radius 3 is 2.27 bits per heavy atom. The lowest BCUT2D eigenvalue weighted by atomic mass is 10.0. The van der Waals surface area contributed by atoms with E-state index in [1.54, 1.807) is 6.07 Å². The molecule has 0 saturated heterocycles. The quantitative estimate of drug-likeness (QED) is 0.662. The molecule has 0 aliphatic carbocycles. The van der Waals surface area contributed by atoms with Crippen LogP contribution in [0, 0.1) is 0 Å². The maximum atomic E-state index is 11.9. The van der Waals surface area contributed by atoms with E-state index in [1.165, 1.54) is 12.1 Å². The molecule has 0 saturated carbocycles. The van der Waals surface area contributed by atoms with Crippen molar-refractivity contribution >= 4 is 26.7 Å². The van der Waals surface area contributed by atoms with Crippen LogP contribution in [0.2, 0.25) is 0 Å². The molecule has 0 amide bonds. The SMILES string of the molecule is O=S1(=O)NC(O)=CN1c1ccc(Cc2ccc3ccccc3c2)cc1O. The first-order valence-corrected chi connectivity index (χ1v) is 9.39. The van der Waals surface area contributed by atoms with Crippen LogP contribution < -0.4 is 9.03 Å². The molecule has 3 N–H and O–H groups in total. The van der Waals surface area contributed by atoms with Gasteiger partial charge < -0.3 is 10.2 Å². The van der Waals surface area contributed by atoms with E-state index in [-0.39, 0.29) is 11.4 Å². The first kappa shape index (κ1) is 16.3. The molecular weight excluding hydrogens is 352 g/mol. The number of nitrogens with zero attached hydrogens (tertiary/aromatic N) is 1. The summed E-state index contributed by atoms with van der Waals surface area (Å²) in [5.74, 6) is -0.677. The standard InChI is InChI=1S/C19H16N2O4S/c22-18-11-14(6-8-17(18)21-12-19(23)20-26(21,24)25)9-13-5-7-15-3-1-2-4-16(15)10-13/h1-8,10-12,20,22-23H,9H2. The highest BCUT2D eigenvalue weighted by Gasteiger charge is 2.30. The van der Waals surface area contributed by atoms with Gasteiger partial charge in [0.2, 0.25) is 5.88 Å². The molecule has 132 valence electrons. The number of aromatic hydroxyl groups is 1. The van der Waals surface area contributed by atoms with Crippen LogP contribution in [-0.4, -0.2) is 18.6 Å². The zero-order chi connectivity index (χ0) is 18.3. The van der Waals surface area contributed by atoms with Crippen molar-refractivity contribution in [2.75, 3.05) is 4.31 Å². The number of anilines is 1. The summed E-state index contributed by atoms with van der Waals surface area (Å²) in [5, 5.41) is 21.9. The lowest BCUT2D eigenvalue weighted by molar-refractivity contribution is 0.392. The number of aliphatic hydroxyl groups is 1. The number of rotatable bonds is 3. The number of fused-ring (bicyclic) bond motifs is 1. The Bertz CT molecular complexity index is 1140. The zero-order valence-electron chi connectivity index (χ0n) is 13.6. The molecule has 7 heteroatoms. The molecule has 0 radical (unpaired) electrons. The lowest BCUT2D eigenvalue weighted by Crippen LogP contribution is -2.29. The molecule has 0 aromatic heterocycles. The number of aliphatic hydroxyl groups excluding tert-OH is 1. The molecule has 0 atom stereocenters. The predicted molar refractivity (Wildman–Crippen MR) is 100 cm³/mol. The van der Waals surface area contributed by atoms with E-state index in [4.69, 9.17) is 0 Å². The van der Waals surface area contributed by atoms with E-state index < -0.39 is 16.1 Å². The second kappa shape index (κ2) is 5.96. The Kier molecular flexibility index (Phi) is 3.73. The lowest BCUT2D eigenvalue weighted by Gasteiger charge is -2.16. The van der Waals surface area contributed by atoms with E-state index in [1.807, 2.05) is 35.1 Å². The van der Waals surface area contributed by atoms with Crippen LogP contribution in [-0.2, 0) is 16.6 Å². The minimum Gasteiger partial charge on any atom is -0.506 e. The molecule has 0 spiro atoms. The second-order valence-corrected chi connectivity index (χ2v) is 7.65. The Morgan fingerprint density at radius 1 is 0.885 bits per heavy atom. The number of benzene rings is 3. The minimum absolute atomic E-state index is 0.0730. The van der Waals surface area contributed by atoms with Gasteiger partial charge in [-0.1, -0.05) is 48.5 Å². The monoisotopic (exact) mass is 368 g/mol. The summed E-state index contributed by atoms with van der Waals surface area (Å²) in [7, 11) is -3.93. The van der Waals surface area contributed by atoms with Crippen LogP contribution in [0.5, 0.6) is 5.75 Å². The van der Waals surface area contributed by atoms with Crippen molar-refractivity contribution in [2.24, 2.45) is 0 Å². The zero-order valence-corrected chi connectivity index (χ0v) is 14.4. The molecule has 0 unspecified atom stereocenters. The molecule has 6 nitrogen and oxygen atoms in total. The highest BCUT2D eigenvalue weighted by atomic mass is 32.2. The van der Waals surface area contributed by atoms with E-state index in [0.29, 0.717) is 6.42 Å². The summed E-state index contributed by atoms with van der Waals surface area (Å²) in [6, 6.07) is 19.0. The Balaban J connectivity index is 1.63. The minimum atomic E-state index is -3.93. The Morgan fingerprint density at radius 2 is 1.58 bits per heavy atom. The van der Waals surface area contributed by atoms with Crippen LogP contribution in [0.3, 0.4) is 0 Å². The van der Waals surface area contributed by atoms with Gasteiger partial charge in [0.15, 0.2) is 0 Å². The van der Waals surface area contributed by atoms with Gasteiger partial charge in [-0.15, -0.1) is 0 Å². The molecule has 3 aromatic carbocycles. The number of hydrogen-bond acceptors (Lipinski definition) is 4. The van der Waals surface area contributed by atoms with Gasteiger partial charge in [0.05, 0.1) is 6.20 Å². The number of phenols is 1. The summed E-state index contributed by atoms with van der Waals surface area (Å²) >= 11 is 0. The van der Waals surface area contributed by atoms with Gasteiger partial charge in [0, 0.05) is 0 Å². The van der Waals surface area contributed by atoms with Gasteiger partial charge in [0.25, 0.3) is 0 Å². The molecule has 1 heterocycles. The van der Waals surface area contributed by atoms with Gasteiger partial charge in [-0.05, 0) is 40.5 Å². The van der Waals surface area contributed by atoms with Crippen molar-refractivity contribution in [3.8, 4) is 5.75 Å². The molecule has 26 heavy (non-hydrogen) atoms. The average molecular weight is 368 g/mol. The highest BCUT2D eigenvalue weighted by molar-refractivity contribution is 7.91. The number of hydrogen-bond donors (Lipinski definition) is 3. The largest absolute Gasteiger partial charge is 0.506 e. The molecule has 1 aliphatic rings. The topological polar surface area (TPSA) is 89.9 Å². The van der Waals surface area contributed by atoms with E-state index in [9.17, 15) is 18.6 Å². The van der Waals surface area contributed by atoms with E-state index >= 15 is 0 Å². The van der Waals surface area contributed by atoms with Gasteiger partial charge in [0.1, 0.15) is 11.4 Å². The van der Waals surface area contributed by atoms with Crippen molar-refractivity contribution in [3.63, 3.8) is 0 Å². The highest BCUT2D eigenvalue weighted by Crippen LogP contribution is 2.33. The third-order valence-corrected chi connectivity index (χ3v) is 5.52. The summed E-state index contributed by atoms with van der Waals surface area (Å²) < 4.78 is 26.6. The Labute approximate surface area is 150 Å². The first-order valence-electron chi connectivity index (χ1n) is 7.95. The first-order chi connectivity index (χ1) is 12.4. The van der Waals surface area contributed by atoms with Crippen LogP contribution >= 0.6 is 0 Å². The second-order valence-electron chi connectivity index (χ2n) is 6.10. The summed E-state index contributed by atoms with van der Waals surface area (Å²) in [5.41, 5.74) is 2.01. The van der Waals surface area contributed by atoms with E-state index in [2.05, 4.69) is 12.1 Å². The molecule has 4 rings (SSSR count). The van der Waals surface area contributed by atoms with Crippen molar-refractivity contribution in [2.45, 2.75) is 6.42 Å². The molecule has 0 fully saturated rings. The van der Waals surface area contributed by atoms with Crippen LogP contribution in [0.25, 0.3) is 10.8 Å². The predicted octanol–water partition coefficient (Wildman–Crippen LogP) is 3.15. The van der Waals surface area contributed by atoms with Crippen molar-refractivity contribution in [1.82, 2.24) is 4.72 Å². The van der Waals surface area contributed by atoms with Gasteiger partial charge in [-0.3, -0.25) is 0 Å². The van der Waals surface area contributed by atoms with Crippen molar-refractivity contribution in [1.29, 1.82) is 0 Å². The Hall–Kier alpha value is -3.19. The third kappa shape index (κ3) is 2.93. The molecule has 3 aromatic rings. The summed E-state index contributed by atoms with van der Waals surface area (Å²) in [4.78, 5) is 0. The van der Waals surface area contributed by atoms with Gasteiger partial charge >= 0.3 is 10.2 Å². The summed E-state index contributed by atoms with van der Waals surface area (Å²) in [6.45, 7) is 0. The maximum Gasteiger partial charge on any atom is 0.330 e. The molecular formula is C19H16N2O4S. The third-order valence-electron chi connectivity index (χ3n) is 4.23. The fourth-order valence-electron chi connectivity index (χ4n) is 3.04. The van der Waals surface area contributed by atoms with Gasteiger partial charge in [-0.2, -0.15) is 8.42 Å². The summed E-state index contributed by atoms with van der Waals surface area (Å²) in [6.07, 6.45) is 1.61. The fourth-order valence-corrected chi connectivity index (χ4v) is 4.10. The number of nitrogens with one attached hydrogen (secondary N) is 1. The molecule has 0 bridgehead atoms. The van der Waals surface area contributed by atoms with Crippen molar-refractivity contribution < 1.29 is 18.6 Å². The maximum absolute atomic E-state index is 11.9. The average Bonchev–Trinajstić information content (AvgIpc) is 2.87. The van der Waals surface area contributed by atoms with Crippen LogP contribution in [0.1, 0.15) is 11.1 Å². The smallest absolute Gasteiger partial charge is 0.330 e. The van der Waals surface area contributed by atoms with Crippen LogP contribution in [0.4, 0.5) is 5.69 Å². The number of phenolic OH excluding ortho intramolecular Hbond substituents is 1. The normalized spacial score (nSPS) is 15.7.